The molecule has 1 atom stereocenters. The minimum absolute atomic E-state index is 0.569. The lowest BCUT2D eigenvalue weighted by molar-refractivity contribution is 0.592. The smallest absolute Gasteiger partial charge is 0.0414 e. The molecule has 1 aliphatic heterocycles. The SMILES string of the molecule is Cc1ccccc1[C@@H]1CSCCN1. The van der Waals surface area contributed by atoms with Gasteiger partial charge in [0.15, 0.2) is 0 Å². The zero-order valence-electron chi connectivity index (χ0n) is 7.92. The Hall–Kier alpha value is -0.470. The molecule has 1 aliphatic rings. The van der Waals surface area contributed by atoms with Crippen LogP contribution in [-0.4, -0.2) is 18.1 Å². The number of aryl methyl sites for hydroxylation is 1. The number of benzene rings is 1. The molecular formula is C11H15NS. The Bertz CT molecular complexity index is 279. The van der Waals surface area contributed by atoms with Gasteiger partial charge in [-0.05, 0) is 18.1 Å². The summed E-state index contributed by atoms with van der Waals surface area (Å²) in [6.45, 7) is 3.33. The lowest BCUT2D eigenvalue weighted by Crippen LogP contribution is -2.30. The van der Waals surface area contributed by atoms with E-state index in [1.165, 1.54) is 22.6 Å². The Kier molecular flexibility index (Phi) is 2.91. The van der Waals surface area contributed by atoms with Crippen molar-refractivity contribution in [3.8, 4) is 0 Å². The van der Waals surface area contributed by atoms with Crippen LogP contribution >= 0.6 is 11.8 Å². The first-order valence-corrected chi connectivity index (χ1v) is 5.90. The van der Waals surface area contributed by atoms with Gasteiger partial charge in [0.25, 0.3) is 0 Å². The quantitative estimate of drug-likeness (QED) is 0.735. The van der Waals surface area contributed by atoms with Crippen LogP contribution in [0.25, 0.3) is 0 Å². The Morgan fingerprint density at radius 3 is 2.92 bits per heavy atom. The second-order valence-corrected chi connectivity index (χ2v) is 4.59. The van der Waals surface area contributed by atoms with E-state index in [2.05, 4.69) is 36.5 Å². The van der Waals surface area contributed by atoms with Gasteiger partial charge in [-0.15, -0.1) is 0 Å². The normalized spacial score (nSPS) is 23.0. The van der Waals surface area contributed by atoms with E-state index in [1.54, 1.807) is 0 Å². The summed E-state index contributed by atoms with van der Waals surface area (Å²) in [7, 11) is 0. The highest BCUT2D eigenvalue weighted by Crippen LogP contribution is 2.23. The van der Waals surface area contributed by atoms with E-state index in [0.29, 0.717) is 6.04 Å². The van der Waals surface area contributed by atoms with E-state index in [4.69, 9.17) is 0 Å². The first kappa shape index (κ1) is 9.10. The minimum atomic E-state index is 0.569. The number of hydrogen-bond donors (Lipinski definition) is 1. The maximum atomic E-state index is 3.56. The van der Waals surface area contributed by atoms with Crippen LogP contribution in [0.4, 0.5) is 0 Å². The minimum Gasteiger partial charge on any atom is -0.308 e. The van der Waals surface area contributed by atoms with Gasteiger partial charge in [0.2, 0.25) is 0 Å². The molecule has 0 bridgehead atoms. The van der Waals surface area contributed by atoms with Gasteiger partial charge in [-0.2, -0.15) is 11.8 Å². The van der Waals surface area contributed by atoms with Crippen molar-refractivity contribution in [1.82, 2.24) is 5.32 Å². The topological polar surface area (TPSA) is 12.0 Å². The van der Waals surface area contributed by atoms with Gasteiger partial charge in [-0.3, -0.25) is 0 Å². The molecule has 70 valence electrons. The highest BCUT2D eigenvalue weighted by atomic mass is 32.2. The monoisotopic (exact) mass is 193 g/mol. The number of nitrogens with one attached hydrogen (secondary N) is 1. The van der Waals surface area contributed by atoms with Crippen LogP contribution < -0.4 is 5.32 Å². The van der Waals surface area contributed by atoms with E-state index in [0.717, 1.165) is 6.54 Å². The van der Waals surface area contributed by atoms with Crippen LogP contribution in [0.15, 0.2) is 24.3 Å². The van der Waals surface area contributed by atoms with Crippen molar-refractivity contribution >= 4 is 11.8 Å². The molecule has 13 heavy (non-hydrogen) atoms. The summed E-state index contributed by atoms with van der Waals surface area (Å²) >= 11 is 2.04. The first-order chi connectivity index (χ1) is 6.38. The molecule has 1 N–H and O–H groups in total. The van der Waals surface area contributed by atoms with Gasteiger partial charge in [0.1, 0.15) is 0 Å². The Morgan fingerprint density at radius 1 is 1.38 bits per heavy atom. The summed E-state index contributed by atoms with van der Waals surface area (Å²) in [5, 5.41) is 3.56. The highest BCUT2D eigenvalue weighted by molar-refractivity contribution is 7.99. The van der Waals surface area contributed by atoms with E-state index >= 15 is 0 Å². The maximum absolute atomic E-state index is 3.56. The van der Waals surface area contributed by atoms with E-state index < -0.39 is 0 Å². The predicted molar refractivity (Wildman–Crippen MR) is 59.2 cm³/mol. The molecule has 0 unspecified atom stereocenters. The average Bonchev–Trinajstić information content (AvgIpc) is 2.20. The van der Waals surface area contributed by atoms with Crippen LogP contribution in [0, 0.1) is 6.92 Å². The van der Waals surface area contributed by atoms with E-state index in [-0.39, 0.29) is 0 Å². The van der Waals surface area contributed by atoms with Crippen LogP contribution in [0.3, 0.4) is 0 Å². The zero-order valence-corrected chi connectivity index (χ0v) is 8.73. The van der Waals surface area contributed by atoms with E-state index in [9.17, 15) is 0 Å². The lowest BCUT2D eigenvalue weighted by atomic mass is 10.0. The molecule has 1 nitrogen and oxygen atoms in total. The summed E-state index contributed by atoms with van der Waals surface area (Å²) in [4.78, 5) is 0. The number of thioether (sulfide) groups is 1. The fourth-order valence-electron chi connectivity index (χ4n) is 1.74. The summed E-state index contributed by atoms with van der Waals surface area (Å²) in [6.07, 6.45) is 0. The molecular weight excluding hydrogens is 178 g/mol. The molecule has 0 aromatic heterocycles. The summed E-state index contributed by atoms with van der Waals surface area (Å²) in [6, 6.07) is 9.23. The summed E-state index contributed by atoms with van der Waals surface area (Å²) in [5.74, 6) is 2.47. The number of rotatable bonds is 1. The van der Waals surface area contributed by atoms with Crippen molar-refractivity contribution in [2.75, 3.05) is 18.1 Å². The molecule has 0 aliphatic carbocycles. The van der Waals surface area contributed by atoms with Gasteiger partial charge in [-0.1, -0.05) is 24.3 Å². The Morgan fingerprint density at radius 2 is 2.23 bits per heavy atom. The van der Waals surface area contributed by atoms with Crippen LogP contribution in [0.2, 0.25) is 0 Å². The predicted octanol–water partition coefficient (Wildman–Crippen LogP) is 2.37. The van der Waals surface area contributed by atoms with Gasteiger partial charge in [0, 0.05) is 24.1 Å². The molecule has 1 saturated heterocycles. The second-order valence-electron chi connectivity index (χ2n) is 3.44. The van der Waals surface area contributed by atoms with Crippen molar-refractivity contribution in [3.05, 3.63) is 35.4 Å². The summed E-state index contributed by atoms with van der Waals surface area (Å²) < 4.78 is 0. The Labute approximate surface area is 83.9 Å². The fraction of sp³-hybridized carbons (Fsp3) is 0.455. The standard InChI is InChI=1S/C11H15NS/c1-9-4-2-3-5-10(9)11-8-13-7-6-12-11/h2-5,11-12H,6-8H2,1H3/t11-/m0/s1. The van der Waals surface area contributed by atoms with Crippen molar-refractivity contribution < 1.29 is 0 Å². The third-order valence-corrected chi connectivity index (χ3v) is 3.55. The maximum Gasteiger partial charge on any atom is 0.0414 e. The van der Waals surface area contributed by atoms with Gasteiger partial charge in [-0.25, -0.2) is 0 Å². The van der Waals surface area contributed by atoms with Crippen molar-refractivity contribution in [2.45, 2.75) is 13.0 Å². The van der Waals surface area contributed by atoms with Crippen molar-refractivity contribution in [2.24, 2.45) is 0 Å². The molecule has 2 heteroatoms. The lowest BCUT2D eigenvalue weighted by Gasteiger charge is -2.24. The summed E-state index contributed by atoms with van der Waals surface area (Å²) in [5.41, 5.74) is 2.87. The fourth-order valence-corrected chi connectivity index (χ4v) is 2.70. The van der Waals surface area contributed by atoms with Gasteiger partial charge < -0.3 is 5.32 Å². The van der Waals surface area contributed by atoms with Crippen LogP contribution in [0.1, 0.15) is 17.2 Å². The molecule has 0 amide bonds. The molecule has 0 radical (unpaired) electrons. The molecule has 1 aromatic carbocycles. The molecule has 0 saturated carbocycles. The molecule has 0 spiro atoms. The van der Waals surface area contributed by atoms with E-state index in [1.807, 2.05) is 11.8 Å². The highest BCUT2D eigenvalue weighted by Gasteiger charge is 2.15. The Balaban J connectivity index is 2.18. The number of hydrogen-bond acceptors (Lipinski definition) is 2. The molecule has 1 fully saturated rings. The average molecular weight is 193 g/mol. The molecule has 2 rings (SSSR count). The van der Waals surface area contributed by atoms with Gasteiger partial charge in [0.05, 0.1) is 0 Å². The van der Waals surface area contributed by atoms with Crippen molar-refractivity contribution in [3.63, 3.8) is 0 Å². The zero-order chi connectivity index (χ0) is 9.10. The van der Waals surface area contributed by atoms with Crippen molar-refractivity contribution in [1.29, 1.82) is 0 Å². The third-order valence-electron chi connectivity index (χ3n) is 2.49. The van der Waals surface area contributed by atoms with Crippen LogP contribution in [-0.2, 0) is 0 Å². The van der Waals surface area contributed by atoms with Gasteiger partial charge >= 0.3 is 0 Å². The molecule has 1 heterocycles. The second kappa shape index (κ2) is 4.16. The largest absolute Gasteiger partial charge is 0.308 e. The molecule has 1 aromatic rings. The first-order valence-electron chi connectivity index (χ1n) is 4.74. The third kappa shape index (κ3) is 2.06. The van der Waals surface area contributed by atoms with Crippen LogP contribution in [0.5, 0.6) is 0 Å².